The van der Waals surface area contributed by atoms with E-state index in [1.807, 2.05) is 30.3 Å². The highest BCUT2D eigenvalue weighted by Crippen LogP contribution is 2.41. The van der Waals surface area contributed by atoms with Gasteiger partial charge in [0.15, 0.2) is 0 Å². The van der Waals surface area contributed by atoms with Crippen molar-refractivity contribution in [2.45, 2.75) is 57.0 Å². The standard InChI is InChI=1S/C26H38N4O6/c31-17-21-22(30(26(34)35)19-9-5-2-6-10-19)12-11-20(23(21)24(32)27-36)25(33)29-15-13-28(14-16-29)18-7-3-1-4-8-18/h1,3-4,7-8,19-23,31,36H,2,5-6,9-17H2,(H,27,32)(H,34,35)/t20-,21?,22+,23+/m0/s1. The highest BCUT2D eigenvalue weighted by Gasteiger charge is 2.50. The van der Waals surface area contributed by atoms with Gasteiger partial charge in [-0.05, 0) is 37.8 Å². The number of amides is 3. The number of aliphatic hydroxyl groups is 1. The van der Waals surface area contributed by atoms with E-state index in [1.165, 1.54) is 4.90 Å². The molecule has 3 fully saturated rings. The molecule has 0 bridgehead atoms. The minimum Gasteiger partial charge on any atom is -0.465 e. The number of benzene rings is 1. The molecule has 36 heavy (non-hydrogen) atoms. The fourth-order valence-corrected chi connectivity index (χ4v) is 6.58. The van der Waals surface area contributed by atoms with Crippen molar-refractivity contribution in [2.24, 2.45) is 17.8 Å². The van der Waals surface area contributed by atoms with Crippen LogP contribution in [0.1, 0.15) is 44.9 Å². The lowest BCUT2D eigenvalue weighted by Gasteiger charge is -2.48. The van der Waals surface area contributed by atoms with Gasteiger partial charge < -0.3 is 24.9 Å². The summed E-state index contributed by atoms with van der Waals surface area (Å²) < 4.78 is 0. The fourth-order valence-electron chi connectivity index (χ4n) is 6.58. The van der Waals surface area contributed by atoms with Crippen molar-refractivity contribution < 1.29 is 29.8 Å². The molecule has 1 heterocycles. The van der Waals surface area contributed by atoms with Gasteiger partial charge in [0.1, 0.15) is 0 Å². The van der Waals surface area contributed by atoms with Crippen LogP contribution in [-0.2, 0) is 9.59 Å². The first-order valence-corrected chi connectivity index (χ1v) is 13.1. The van der Waals surface area contributed by atoms with Crippen LogP contribution >= 0.6 is 0 Å². The molecule has 0 radical (unpaired) electrons. The average molecular weight is 503 g/mol. The molecule has 0 aromatic heterocycles. The van der Waals surface area contributed by atoms with Crippen LogP contribution in [0.5, 0.6) is 0 Å². The number of anilines is 1. The number of hydroxylamine groups is 1. The van der Waals surface area contributed by atoms with Crippen LogP contribution < -0.4 is 10.4 Å². The Kier molecular flexibility index (Phi) is 8.68. The van der Waals surface area contributed by atoms with Crippen LogP contribution in [0, 0.1) is 17.8 Å². The van der Waals surface area contributed by atoms with Crippen LogP contribution in [0.3, 0.4) is 0 Å². The number of carbonyl (C=O) groups excluding carboxylic acids is 2. The molecular formula is C26H38N4O6. The fraction of sp³-hybridized carbons (Fsp3) is 0.654. The molecule has 1 unspecified atom stereocenters. The van der Waals surface area contributed by atoms with Crippen molar-refractivity contribution in [3.05, 3.63) is 30.3 Å². The van der Waals surface area contributed by atoms with E-state index in [0.717, 1.165) is 37.8 Å². The normalized spacial score (nSPS) is 27.4. The lowest BCUT2D eigenvalue weighted by molar-refractivity contribution is -0.153. The van der Waals surface area contributed by atoms with Crippen molar-refractivity contribution in [2.75, 3.05) is 37.7 Å². The molecule has 4 N–H and O–H groups in total. The van der Waals surface area contributed by atoms with Crippen molar-refractivity contribution >= 4 is 23.6 Å². The SMILES string of the molecule is O=C(NO)[C@H]1C(CO)[C@H](N(C(=O)O)C2CCCCC2)CC[C@@H]1C(=O)N1CCN(c2ccccc2)CC1. The number of hydrogen-bond donors (Lipinski definition) is 4. The van der Waals surface area contributed by atoms with E-state index in [0.29, 0.717) is 39.0 Å². The molecule has 2 aliphatic carbocycles. The zero-order valence-electron chi connectivity index (χ0n) is 20.7. The maximum atomic E-state index is 13.6. The summed E-state index contributed by atoms with van der Waals surface area (Å²) in [6.07, 6.45) is 4.13. The van der Waals surface area contributed by atoms with E-state index < -0.39 is 42.4 Å². The van der Waals surface area contributed by atoms with E-state index in [-0.39, 0.29) is 11.9 Å². The van der Waals surface area contributed by atoms with Crippen molar-refractivity contribution in [1.29, 1.82) is 0 Å². The van der Waals surface area contributed by atoms with Crippen molar-refractivity contribution in [3.63, 3.8) is 0 Å². The second-order valence-corrected chi connectivity index (χ2v) is 10.2. The monoisotopic (exact) mass is 502 g/mol. The van der Waals surface area contributed by atoms with Crippen LogP contribution in [-0.4, -0.2) is 88.0 Å². The number of aliphatic hydroxyl groups excluding tert-OH is 1. The van der Waals surface area contributed by atoms with Crippen LogP contribution in [0.15, 0.2) is 30.3 Å². The summed E-state index contributed by atoms with van der Waals surface area (Å²) in [5.74, 6) is -3.43. The van der Waals surface area contributed by atoms with Gasteiger partial charge in [-0.2, -0.15) is 0 Å². The Morgan fingerprint density at radius 2 is 1.61 bits per heavy atom. The summed E-state index contributed by atoms with van der Waals surface area (Å²) in [5, 5.41) is 30.0. The molecule has 1 aromatic rings. The summed E-state index contributed by atoms with van der Waals surface area (Å²) in [6, 6.07) is 9.24. The van der Waals surface area contributed by atoms with Crippen molar-refractivity contribution in [1.82, 2.24) is 15.3 Å². The maximum Gasteiger partial charge on any atom is 0.407 e. The van der Waals surface area contributed by atoms with E-state index in [1.54, 1.807) is 10.4 Å². The Morgan fingerprint density at radius 1 is 0.944 bits per heavy atom. The number of piperazine rings is 1. The molecule has 10 nitrogen and oxygen atoms in total. The topological polar surface area (TPSA) is 134 Å². The Morgan fingerprint density at radius 3 is 2.19 bits per heavy atom. The van der Waals surface area contributed by atoms with Gasteiger partial charge in [0.25, 0.3) is 0 Å². The van der Waals surface area contributed by atoms with Gasteiger partial charge in [-0.1, -0.05) is 37.5 Å². The molecule has 10 heteroatoms. The highest BCUT2D eigenvalue weighted by atomic mass is 16.5. The number of para-hydroxylation sites is 1. The van der Waals surface area contributed by atoms with Gasteiger partial charge in [0.05, 0.1) is 11.8 Å². The Bertz CT molecular complexity index is 901. The lowest BCUT2D eigenvalue weighted by Crippen LogP contribution is -2.60. The Hall–Kier alpha value is -2.85. The van der Waals surface area contributed by atoms with Crippen LogP contribution in [0.25, 0.3) is 0 Å². The number of carboxylic acid groups (broad SMARTS) is 1. The molecule has 1 aliphatic heterocycles. The summed E-state index contributed by atoms with van der Waals surface area (Å²) >= 11 is 0. The van der Waals surface area contributed by atoms with Gasteiger partial charge in [0.2, 0.25) is 11.8 Å². The quantitative estimate of drug-likeness (QED) is 0.346. The third kappa shape index (κ3) is 5.44. The second-order valence-electron chi connectivity index (χ2n) is 10.2. The first-order valence-electron chi connectivity index (χ1n) is 13.1. The van der Waals surface area contributed by atoms with Crippen LogP contribution in [0.4, 0.5) is 10.5 Å². The highest BCUT2D eigenvalue weighted by molar-refractivity contribution is 5.88. The molecule has 4 rings (SSSR count). The van der Waals surface area contributed by atoms with Crippen molar-refractivity contribution in [3.8, 4) is 0 Å². The second kappa shape index (κ2) is 11.9. The van der Waals surface area contributed by atoms with Crippen LogP contribution in [0.2, 0.25) is 0 Å². The van der Waals surface area contributed by atoms with E-state index in [9.17, 15) is 29.8 Å². The summed E-state index contributed by atoms with van der Waals surface area (Å²) in [7, 11) is 0. The number of carbonyl (C=O) groups is 3. The van der Waals surface area contributed by atoms with E-state index in [4.69, 9.17) is 0 Å². The smallest absolute Gasteiger partial charge is 0.407 e. The average Bonchev–Trinajstić information content (AvgIpc) is 2.93. The minimum absolute atomic E-state index is 0.161. The third-order valence-corrected chi connectivity index (χ3v) is 8.36. The molecule has 1 saturated heterocycles. The van der Waals surface area contributed by atoms with Gasteiger partial charge >= 0.3 is 6.09 Å². The largest absolute Gasteiger partial charge is 0.465 e. The molecular weight excluding hydrogens is 464 g/mol. The zero-order chi connectivity index (χ0) is 25.7. The van der Waals surface area contributed by atoms with E-state index >= 15 is 0 Å². The number of rotatable bonds is 6. The third-order valence-electron chi connectivity index (χ3n) is 8.36. The number of hydrogen-bond acceptors (Lipinski definition) is 6. The van der Waals surface area contributed by atoms with E-state index in [2.05, 4.69) is 4.90 Å². The van der Waals surface area contributed by atoms with Gasteiger partial charge in [-0.3, -0.25) is 14.8 Å². The molecule has 0 spiro atoms. The first-order chi connectivity index (χ1) is 17.5. The summed E-state index contributed by atoms with van der Waals surface area (Å²) in [6.45, 7) is 1.91. The number of nitrogens with one attached hydrogen (secondary N) is 1. The van der Waals surface area contributed by atoms with Gasteiger partial charge in [0, 0.05) is 56.5 Å². The molecule has 3 amide bonds. The summed E-state index contributed by atoms with van der Waals surface area (Å²) in [5.41, 5.74) is 2.79. The zero-order valence-corrected chi connectivity index (χ0v) is 20.7. The van der Waals surface area contributed by atoms with Gasteiger partial charge in [-0.15, -0.1) is 0 Å². The van der Waals surface area contributed by atoms with Gasteiger partial charge in [-0.25, -0.2) is 10.3 Å². The predicted molar refractivity (Wildman–Crippen MR) is 132 cm³/mol. The molecule has 4 atom stereocenters. The summed E-state index contributed by atoms with van der Waals surface area (Å²) in [4.78, 5) is 44.2. The predicted octanol–water partition coefficient (Wildman–Crippen LogP) is 2.16. The first kappa shape index (κ1) is 26.2. The number of nitrogens with zero attached hydrogens (tertiary/aromatic N) is 3. The molecule has 1 aromatic carbocycles. The Labute approximate surface area is 211 Å². The minimum atomic E-state index is -1.06. The maximum absolute atomic E-state index is 13.6. The Balaban J connectivity index is 1.50. The molecule has 2 saturated carbocycles. The molecule has 3 aliphatic rings. The molecule has 198 valence electrons. The lowest BCUT2D eigenvalue weighted by atomic mass is 9.67.